The van der Waals surface area contributed by atoms with Crippen molar-refractivity contribution in [2.75, 3.05) is 0 Å². The van der Waals surface area contributed by atoms with Crippen LogP contribution in [0.2, 0.25) is 5.02 Å². The average molecular weight is 297 g/mol. The van der Waals surface area contributed by atoms with Gasteiger partial charge in [0, 0.05) is 23.1 Å². The van der Waals surface area contributed by atoms with Gasteiger partial charge in [-0.15, -0.1) is 0 Å². The van der Waals surface area contributed by atoms with Gasteiger partial charge in [0.15, 0.2) is 0 Å². The maximum absolute atomic E-state index is 13.6. The lowest BCUT2D eigenvalue weighted by atomic mass is 10.1. The van der Waals surface area contributed by atoms with E-state index < -0.39 is 17.3 Å². The number of aliphatic carboxylic acids is 1. The van der Waals surface area contributed by atoms with Crippen molar-refractivity contribution in [3.63, 3.8) is 0 Å². The van der Waals surface area contributed by atoms with Crippen LogP contribution >= 0.6 is 11.6 Å². The Hall–Kier alpha value is -2.21. The van der Waals surface area contributed by atoms with Crippen molar-refractivity contribution >= 4 is 17.6 Å². The van der Waals surface area contributed by atoms with E-state index in [1.807, 2.05) is 0 Å². The highest BCUT2D eigenvalue weighted by molar-refractivity contribution is 6.31. The number of aromatic amines is 1. The van der Waals surface area contributed by atoms with E-state index in [0.717, 1.165) is 6.07 Å². The highest BCUT2D eigenvalue weighted by Crippen LogP contribution is 2.20. The molecule has 0 aliphatic rings. The Labute approximate surface area is 118 Å². The summed E-state index contributed by atoms with van der Waals surface area (Å²) >= 11 is 5.89. The van der Waals surface area contributed by atoms with Crippen molar-refractivity contribution < 1.29 is 14.3 Å². The number of carboxylic acids is 1. The molecule has 5 nitrogen and oxygen atoms in total. The maximum Gasteiger partial charge on any atom is 0.309 e. The third kappa shape index (κ3) is 3.42. The molecule has 0 radical (unpaired) electrons. The number of nitrogens with one attached hydrogen (secondary N) is 1. The van der Waals surface area contributed by atoms with Gasteiger partial charge in [-0.25, -0.2) is 9.37 Å². The smallest absolute Gasteiger partial charge is 0.309 e. The first-order valence-electron chi connectivity index (χ1n) is 5.69. The van der Waals surface area contributed by atoms with Crippen molar-refractivity contribution in [3.05, 3.63) is 62.5 Å². The van der Waals surface area contributed by atoms with E-state index in [1.54, 1.807) is 0 Å². The molecule has 104 valence electrons. The van der Waals surface area contributed by atoms with Crippen molar-refractivity contribution in [1.29, 1.82) is 0 Å². The Morgan fingerprint density at radius 3 is 2.85 bits per heavy atom. The molecule has 7 heteroatoms. The lowest BCUT2D eigenvalue weighted by molar-refractivity contribution is -0.136. The summed E-state index contributed by atoms with van der Waals surface area (Å²) in [4.78, 5) is 28.5. The molecule has 0 saturated heterocycles. The van der Waals surface area contributed by atoms with Gasteiger partial charge in [-0.3, -0.25) is 9.59 Å². The van der Waals surface area contributed by atoms with Crippen molar-refractivity contribution in [1.82, 2.24) is 9.97 Å². The number of halogens is 2. The fraction of sp³-hybridized carbons (Fsp3) is 0.154. The molecule has 0 aliphatic carbocycles. The highest BCUT2D eigenvalue weighted by Gasteiger charge is 2.11. The fourth-order valence-electron chi connectivity index (χ4n) is 1.76. The number of nitrogens with zero attached hydrogens (tertiary/aromatic N) is 1. The SMILES string of the molecule is O=C(O)Cc1cc(=O)[nH]c(Cc2c(F)cccc2Cl)n1. The van der Waals surface area contributed by atoms with Gasteiger partial charge < -0.3 is 10.1 Å². The number of aromatic nitrogens is 2. The minimum absolute atomic E-state index is 0.0196. The summed E-state index contributed by atoms with van der Waals surface area (Å²) < 4.78 is 13.6. The Morgan fingerprint density at radius 1 is 1.45 bits per heavy atom. The standard InChI is InChI=1S/C13H10ClFN2O3/c14-9-2-1-3-10(15)8(9)6-11-16-7(5-13(19)20)4-12(18)17-11/h1-4H,5-6H2,(H,19,20)(H,16,17,18). The normalized spacial score (nSPS) is 10.5. The molecule has 0 spiro atoms. The van der Waals surface area contributed by atoms with Crippen LogP contribution in [0, 0.1) is 5.82 Å². The van der Waals surface area contributed by atoms with Crippen molar-refractivity contribution in [2.45, 2.75) is 12.8 Å². The Kier molecular flexibility index (Phi) is 4.14. The van der Waals surface area contributed by atoms with Crippen molar-refractivity contribution in [2.24, 2.45) is 0 Å². The summed E-state index contributed by atoms with van der Waals surface area (Å²) in [6.45, 7) is 0. The third-order valence-electron chi connectivity index (χ3n) is 2.58. The van der Waals surface area contributed by atoms with E-state index in [4.69, 9.17) is 16.7 Å². The van der Waals surface area contributed by atoms with Crippen LogP contribution < -0.4 is 5.56 Å². The van der Waals surface area contributed by atoms with E-state index in [0.29, 0.717) is 0 Å². The highest BCUT2D eigenvalue weighted by atomic mass is 35.5. The molecule has 0 atom stereocenters. The van der Waals surface area contributed by atoms with Gasteiger partial charge in [0.2, 0.25) is 0 Å². The lowest BCUT2D eigenvalue weighted by Crippen LogP contribution is -2.15. The zero-order valence-corrected chi connectivity index (χ0v) is 10.9. The van der Waals surface area contributed by atoms with E-state index >= 15 is 0 Å². The molecule has 1 aromatic carbocycles. The van der Waals surface area contributed by atoms with Crippen LogP contribution in [0.4, 0.5) is 4.39 Å². The summed E-state index contributed by atoms with van der Waals surface area (Å²) in [6, 6.07) is 5.35. The summed E-state index contributed by atoms with van der Waals surface area (Å²) in [5.41, 5.74) is -0.174. The first-order chi connectivity index (χ1) is 9.45. The Morgan fingerprint density at radius 2 is 2.20 bits per heavy atom. The quantitative estimate of drug-likeness (QED) is 0.901. The van der Waals surface area contributed by atoms with Crippen LogP contribution in [0.5, 0.6) is 0 Å². The molecule has 0 fully saturated rings. The topological polar surface area (TPSA) is 83.0 Å². The second-order valence-electron chi connectivity index (χ2n) is 4.13. The molecule has 0 aliphatic heterocycles. The van der Waals surface area contributed by atoms with Gasteiger partial charge in [-0.2, -0.15) is 0 Å². The largest absolute Gasteiger partial charge is 0.481 e. The fourth-order valence-corrected chi connectivity index (χ4v) is 1.99. The Bertz CT molecular complexity index is 695. The number of carboxylic acid groups (broad SMARTS) is 1. The minimum Gasteiger partial charge on any atom is -0.481 e. The molecule has 2 N–H and O–H groups in total. The number of carbonyl (C=O) groups is 1. The van der Waals surface area contributed by atoms with Crippen molar-refractivity contribution in [3.8, 4) is 0 Å². The van der Waals surface area contributed by atoms with Gasteiger partial charge in [-0.05, 0) is 12.1 Å². The van der Waals surface area contributed by atoms with Crippen LogP contribution in [0.1, 0.15) is 17.1 Å². The number of hydrogen-bond donors (Lipinski definition) is 2. The summed E-state index contributed by atoms with van der Waals surface area (Å²) in [7, 11) is 0. The van der Waals surface area contributed by atoms with Gasteiger partial charge in [0.05, 0.1) is 12.1 Å². The first-order valence-corrected chi connectivity index (χ1v) is 6.07. The monoisotopic (exact) mass is 296 g/mol. The summed E-state index contributed by atoms with van der Waals surface area (Å²) in [6.07, 6.45) is -0.393. The predicted molar refractivity (Wildman–Crippen MR) is 70.4 cm³/mol. The van der Waals surface area contributed by atoms with E-state index in [2.05, 4.69) is 9.97 Å². The average Bonchev–Trinajstić information content (AvgIpc) is 2.32. The summed E-state index contributed by atoms with van der Waals surface area (Å²) in [5.74, 6) is -1.44. The molecule has 0 bridgehead atoms. The molecule has 2 aromatic rings. The second-order valence-corrected chi connectivity index (χ2v) is 4.54. The van der Waals surface area contributed by atoms with Crippen LogP contribution in [-0.4, -0.2) is 21.0 Å². The Balaban J connectivity index is 2.36. The van der Waals surface area contributed by atoms with Crippen LogP contribution in [-0.2, 0) is 17.6 Å². The van der Waals surface area contributed by atoms with Gasteiger partial charge >= 0.3 is 5.97 Å². The number of rotatable bonds is 4. The zero-order chi connectivity index (χ0) is 14.7. The van der Waals surface area contributed by atoms with E-state index in [1.165, 1.54) is 18.2 Å². The molecular formula is C13H10ClFN2O3. The minimum atomic E-state index is -1.10. The van der Waals surface area contributed by atoms with E-state index in [9.17, 15) is 14.0 Å². The van der Waals surface area contributed by atoms with Crippen LogP contribution in [0.25, 0.3) is 0 Å². The molecule has 2 rings (SSSR count). The van der Waals surface area contributed by atoms with Gasteiger partial charge in [-0.1, -0.05) is 17.7 Å². The predicted octanol–water partition coefficient (Wildman–Crippen LogP) is 1.78. The molecule has 1 heterocycles. The zero-order valence-electron chi connectivity index (χ0n) is 10.2. The first kappa shape index (κ1) is 14.2. The molecule has 0 amide bonds. The molecule has 20 heavy (non-hydrogen) atoms. The number of benzene rings is 1. The van der Waals surface area contributed by atoms with Gasteiger partial charge in [0.1, 0.15) is 11.6 Å². The van der Waals surface area contributed by atoms with Crippen LogP contribution in [0.15, 0.2) is 29.1 Å². The van der Waals surface area contributed by atoms with Gasteiger partial charge in [0.25, 0.3) is 5.56 Å². The summed E-state index contributed by atoms with van der Waals surface area (Å²) in [5, 5.41) is 8.91. The number of H-pyrrole nitrogens is 1. The maximum atomic E-state index is 13.6. The lowest BCUT2D eigenvalue weighted by Gasteiger charge is -2.06. The van der Waals surface area contributed by atoms with E-state index in [-0.39, 0.29) is 34.9 Å². The molecular weight excluding hydrogens is 287 g/mol. The molecule has 1 aromatic heterocycles. The second kappa shape index (κ2) is 5.83. The molecule has 0 saturated carbocycles. The third-order valence-corrected chi connectivity index (χ3v) is 2.94. The number of hydrogen-bond acceptors (Lipinski definition) is 3. The molecule has 0 unspecified atom stereocenters. The van der Waals surface area contributed by atoms with Crippen LogP contribution in [0.3, 0.4) is 0 Å².